The molecule has 0 radical (unpaired) electrons. The monoisotopic (exact) mass is 527 g/mol. The van der Waals surface area contributed by atoms with Gasteiger partial charge in [0.2, 0.25) is 0 Å². The molecule has 190 valence electrons. The molecule has 5 aromatic rings. The summed E-state index contributed by atoms with van der Waals surface area (Å²) in [7, 11) is 0. The SMILES string of the molecule is Cc1ccc(-n2c(=O)c3ccc(C(=O)NCc4ccccc4Cl)cc3n(Cc3cccc(F)c3)c2=O)cc1. The third-order valence-corrected chi connectivity index (χ3v) is 6.69. The van der Waals surface area contributed by atoms with E-state index in [1.807, 2.05) is 31.2 Å². The Bertz CT molecular complexity index is 1790. The van der Waals surface area contributed by atoms with Crippen molar-refractivity contribution in [1.29, 1.82) is 0 Å². The third-order valence-electron chi connectivity index (χ3n) is 6.33. The first-order valence-electron chi connectivity index (χ1n) is 11.9. The van der Waals surface area contributed by atoms with Crippen LogP contribution in [0.1, 0.15) is 27.0 Å². The summed E-state index contributed by atoms with van der Waals surface area (Å²) in [4.78, 5) is 40.2. The van der Waals surface area contributed by atoms with Crippen LogP contribution in [0.5, 0.6) is 0 Å². The molecule has 4 aromatic carbocycles. The van der Waals surface area contributed by atoms with Crippen LogP contribution in [0.25, 0.3) is 16.6 Å². The third kappa shape index (κ3) is 5.01. The lowest BCUT2D eigenvalue weighted by molar-refractivity contribution is 0.0951. The topological polar surface area (TPSA) is 73.1 Å². The van der Waals surface area contributed by atoms with E-state index >= 15 is 0 Å². The first-order valence-corrected chi connectivity index (χ1v) is 12.3. The average molecular weight is 528 g/mol. The molecule has 0 bridgehead atoms. The van der Waals surface area contributed by atoms with Gasteiger partial charge in [0, 0.05) is 17.1 Å². The number of amides is 1. The van der Waals surface area contributed by atoms with Crippen molar-refractivity contribution in [3.05, 3.63) is 145 Å². The van der Waals surface area contributed by atoms with Gasteiger partial charge in [0.25, 0.3) is 11.5 Å². The van der Waals surface area contributed by atoms with Gasteiger partial charge in [-0.3, -0.25) is 14.2 Å². The summed E-state index contributed by atoms with van der Waals surface area (Å²) in [6.45, 7) is 2.12. The van der Waals surface area contributed by atoms with Gasteiger partial charge in [0.05, 0.1) is 23.1 Å². The quantitative estimate of drug-likeness (QED) is 0.328. The number of aromatic nitrogens is 2. The van der Waals surface area contributed by atoms with Crippen LogP contribution >= 0.6 is 11.6 Å². The Morgan fingerprint density at radius 3 is 2.42 bits per heavy atom. The van der Waals surface area contributed by atoms with Crippen LogP contribution in [0.15, 0.2) is 101 Å². The van der Waals surface area contributed by atoms with Crippen molar-refractivity contribution in [3.8, 4) is 5.69 Å². The lowest BCUT2D eigenvalue weighted by Crippen LogP contribution is -2.39. The van der Waals surface area contributed by atoms with E-state index in [2.05, 4.69) is 5.32 Å². The number of nitrogens with zero attached hydrogens (tertiary/aromatic N) is 2. The lowest BCUT2D eigenvalue weighted by Gasteiger charge is -2.16. The zero-order valence-corrected chi connectivity index (χ0v) is 21.2. The number of halogens is 2. The first kappa shape index (κ1) is 25.2. The molecule has 5 rings (SSSR count). The highest BCUT2D eigenvalue weighted by molar-refractivity contribution is 6.31. The summed E-state index contributed by atoms with van der Waals surface area (Å²) in [5.41, 5.74) is 2.14. The largest absolute Gasteiger partial charge is 0.348 e. The van der Waals surface area contributed by atoms with E-state index < -0.39 is 17.1 Å². The number of hydrogen-bond acceptors (Lipinski definition) is 3. The zero-order valence-electron chi connectivity index (χ0n) is 20.4. The molecule has 1 N–H and O–H groups in total. The highest BCUT2D eigenvalue weighted by Gasteiger charge is 2.17. The molecule has 0 aliphatic rings. The summed E-state index contributed by atoms with van der Waals surface area (Å²) in [5, 5.41) is 3.61. The lowest BCUT2D eigenvalue weighted by atomic mass is 10.1. The van der Waals surface area contributed by atoms with Crippen LogP contribution in [-0.4, -0.2) is 15.0 Å². The van der Waals surface area contributed by atoms with E-state index in [0.717, 1.165) is 15.7 Å². The van der Waals surface area contributed by atoms with Gasteiger partial charge in [0.15, 0.2) is 0 Å². The number of carbonyl (C=O) groups excluding carboxylic acids is 1. The maximum absolute atomic E-state index is 13.9. The van der Waals surface area contributed by atoms with Gasteiger partial charge in [0.1, 0.15) is 5.82 Å². The molecule has 0 saturated heterocycles. The van der Waals surface area contributed by atoms with Crippen molar-refractivity contribution >= 4 is 28.4 Å². The molecular weight excluding hydrogens is 505 g/mol. The Labute approximate surface area is 222 Å². The molecule has 0 atom stereocenters. The van der Waals surface area contributed by atoms with E-state index in [1.165, 1.54) is 28.8 Å². The molecule has 1 aromatic heterocycles. The molecule has 38 heavy (non-hydrogen) atoms. The van der Waals surface area contributed by atoms with Gasteiger partial charge < -0.3 is 5.32 Å². The molecule has 0 spiro atoms. The van der Waals surface area contributed by atoms with E-state index in [9.17, 15) is 18.8 Å². The van der Waals surface area contributed by atoms with Gasteiger partial charge in [-0.1, -0.05) is 59.6 Å². The molecule has 1 heterocycles. The van der Waals surface area contributed by atoms with Crippen LogP contribution in [-0.2, 0) is 13.1 Å². The smallest absolute Gasteiger partial charge is 0.336 e. The maximum atomic E-state index is 13.9. The minimum atomic E-state index is -0.593. The highest BCUT2D eigenvalue weighted by atomic mass is 35.5. The second-order valence-electron chi connectivity index (χ2n) is 8.98. The Hall–Kier alpha value is -4.49. The van der Waals surface area contributed by atoms with Crippen LogP contribution in [0, 0.1) is 12.7 Å². The van der Waals surface area contributed by atoms with Crippen molar-refractivity contribution in [1.82, 2.24) is 14.5 Å². The van der Waals surface area contributed by atoms with Crippen molar-refractivity contribution in [2.75, 3.05) is 0 Å². The molecule has 0 fully saturated rings. The summed E-state index contributed by atoms with van der Waals surface area (Å²) < 4.78 is 16.4. The normalized spacial score (nSPS) is 11.0. The van der Waals surface area contributed by atoms with E-state index in [1.54, 1.807) is 42.5 Å². The molecule has 0 unspecified atom stereocenters. The number of benzene rings is 4. The first-order chi connectivity index (χ1) is 18.3. The maximum Gasteiger partial charge on any atom is 0.336 e. The second-order valence-corrected chi connectivity index (χ2v) is 9.39. The van der Waals surface area contributed by atoms with Crippen molar-refractivity contribution in [2.45, 2.75) is 20.0 Å². The van der Waals surface area contributed by atoms with Crippen LogP contribution in [0.2, 0.25) is 5.02 Å². The van der Waals surface area contributed by atoms with Crippen molar-refractivity contribution in [3.63, 3.8) is 0 Å². The van der Waals surface area contributed by atoms with Gasteiger partial charge in [-0.05, 0) is 66.6 Å². The van der Waals surface area contributed by atoms with Gasteiger partial charge >= 0.3 is 5.69 Å². The summed E-state index contributed by atoms with van der Waals surface area (Å²) in [6.07, 6.45) is 0. The molecule has 6 nitrogen and oxygen atoms in total. The van der Waals surface area contributed by atoms with Crippen molar-refractivity contribution < 1.29 is 9.18 Å². The van der Waals surface area contributed by atoms with E-state index in [4.69, 9.17) is 11.6 Å². The Balaban J connectivity index is 1.63. The number of carbonyl (C=O) groups is 1. The van der Waals surface area contributed by atoms with Crippen LogP contribution in [0.3, 0.4) is 0 Å². The predicted octanol–water partition coefficient (Wildman–Crippen LogP) is 5.23. The molecule has 1 amide bonds. The van der Waals surface area contributed by atoms with Gasteiger partial charge in [-0.2, -0.15) is 0 Å². The van der Waals surface area contributed by atoms with Crippen LogP contribution < -0.4 is 16.6 Å². The Morgan fingerprint density at radius 2 is 1.68 bits per heavy atom. The zero-order chi connectivity index (χ0) is 26.8. The Kier molecular flexibility index (Phi) is 6.94. The minimum absolute atomic E-state index is 0.00390. The fourth-order valence-corrected chi connectivity index (χ4v) is 4.52. The summed E-state index contributed by atoms with van der Waals surface area (Å²) >= 11 is 6.20. The minimum Gasteiger partial charge on any atom is -0.348 e. The summed E-state index contributed by atoms with van der Waals surface area (Å²) in [5.74, 6) is -0.828. The van der Waals surface area contributed by atoms with E-state index in [0.29, 0.717) is 16.3 Å². The molecule has 0 aliphatic carbocycles. The predicted molar refractivity (Wildman–Crippen MR) is 147 cm³/mol. The van der Waals surface area contributed by atoms with Gasteiger partial charge in [-0.25, -0.2) is 13.8 Å². The number of fused-ring (bicyclic) bond motifs is 1. The van der Waals surface area contributed by atoms with E-state index in [-0.39, 0.29) is 35.5 Å². The average Bonchev–Trinajstić information content (AvgIpc) is 2.91. The highest BCUT2D eigenvalue weighted by Crippen LogP contribution is 2.17. The Morgan fingerprint density at radius 1 is 0.921 bits per heavy atom. The number of rotatable bonds is 6. The van der Waals surface area contributed by atoms with Crippen molar-refractivity contribution in [2.24, 2.45) is 0 Å². The standard InChI is InChI=1S/C30H23ClFN3O3/c1-19-9-12-24(13-10-19)35-29(37)25-14-11-21(28(36)33-17-22-6-2-3-8-26(22)31)16-27(25)34(30(35)38)18-20-5-4-7-23(32)15-20/h2-16H,17-18H2,1H3,(H,33,36). The fourth-order valence-electron chi connectivity index (χ4n) is 4.32. The van der Waals surface area contributed by atoms with Gasteiger partial charge in [-0.15, -0.1) is 0 Å². The van der Waals surface area contributed by atoms with Crippen LogP contribution in [0.4, 0.5) is 4.39 Å². The fraction of sp³-hybridized carbons (Fsp3) is 0.100. The second kappa shape index (κ2) is 10.5. The molecule has 0 saturated carbocycles. The number of aryl methyl sites for hydroxylation is 1. The summed E-state index contributed by atoms with van der Waals surface area (Å²) in [6, 6.07) is 24.7. The molecule has 8 heteroatoms. The molecule has 0 aliphatic heterocycles. The number of nitrogens with one attached hydrogen (secondary N) is 1. The molecular formula is C30H23ClFN3O3. The number of hydrogen-bond donors (Lipinski definition) is 1.